The van der Waals surface area contributed by atoms with Crippen LogP contribution in [0, 0.1) is 5.92 Å². The van der Waals surface area contributed by atoms with E-state index in [0.29, 0.717) is 24.8 Å². The highest BCUT2D eigenvalue weighted by Crippen LogP contribution is 2.28. The maximum Gasteiger partial charge on any atom is 0.244 e. The first-order valence-corrected chi connectivity index (χ1v) is 12.0. The van der Waals surface area contributed by atoms with Crippen LogP contribution in [0.15, 0.2) is 53.6 Å². The van der Waals surface area contributed by atoms with E-state index in [9.17, 15) is 18.3 Å². The van der Waals surface area contributed by atoms with E-state index in [4.69, 9.17) is 5.73 Å². The summed E-state index contributed by atoms with van der Waals surface area (Å²) in [5, 5.41) is 9.87. The molecule has 2 aromatic rings. The largest absolute Gasteiger partial charge is 0.391 e. The molecule has 0 spiro atoms. The molecule has 2 atom stereocenters. The van der Waals surface area contributed by atoms with Crippen molar-refractivity contribution in [1.82, 2.24) is 9.29 Å². The number of aliphatic hydroxyl groups is 1. The highest BCUT2D eigenvalue weighted by molar-refractivity contribution is 7.89. The number of hydrogen-bond acceptors (Lipinski definition) is 6. The normalized spacial score (nSPS) is 23.2. The van der Waals surface area contributed by atoms with Crippen molar-refractivity contribution in [1.29, 1.82) is 0 Å². The lowest BCUT2D eigenvalue weighted by molar-refractivity contribution is -0.119. The molecule has 0 bridgehead atoms. The van der Waals surface area contributed by atoms with Crippen molar-refractivity contribution in [3.05, 3.63) is 54.2 Å². The predicted octanol–water partition coefficient (Wildman–Crippen LogP) is 1.15. The molecule has 1 aromatic heterocycles. The molecule has 0 aliphatic carbocycles. The third kappa shape index (κ3) is 4.73. The lowest BCUT2D eigenvalue weighted by Crippen LogP contribution is -2.41. The van der Waals surface area contributed by atoms with Gasteiger partial charge >= 0.3 is 0 Å². The average Bonchev–Trinajstić information content (AvgIpc) is 3.17. The molecule has 1 aromatic carbocycles. The van der Waals surface area contributed by atoms with Crippen LogP contribution in [-0.2, 0) is 21.2 Å². The zero-order valence-electron chi connectivity index (χ0n) is 17.3. The number of pyridine rings is 1. The van der Waals surface area contributed by atoms with E-state index in [1.807, 2.05) is 18.2 Å². The summed E-state index contributed by atoms with van der Waals surface area (Å²) in [4.78, 5) is 17.7. The fraction of sp³-hybridized carbons (Fsp3) is 0.455. The quantitative estimate of drug-likeness (QED) is 0.690. The average molecular weight is 445 g/mol. The van der Waals surface area contributed by atoms with Gasteiger partial charge in [-0.25, -0.2) is 13.4 Å². The van der Waals surface area contributed by atoms with Crippen LogP contribution in [0.5, 0.6) is 0 Å². The summed E-state index contributed by atoms with van der Waals surface area (Å²) in [5.74, 6) is 0.371. The van der Waals surface area contributed by atoms with Gasteiger partial charge in [0.1, 0.15) is 16.8 Å². The Bertz CT molecular complexity index is 1010. The Hall–Kier alpha value is -2.49. The second kappa shape index (κ2) is 8.94. The number of anilines is 1. The molecule has 1 amide bonds. The number of primary amides is 1. The number of hydrogen-bond donors (Lipinski definition) is 2. The molecule has 3 N–H and O–H groups in total. The zero-order chi connectivity index (χ0) is 22.0. The number of amides is 1. The number of rotatable bonds is 6. The third-order valence-electron chi connectivity index (χ3n) is 6.20. The Morgan fingerprint density at radius 1 is 1.13 bits per heavy atom. The van der Waals surface area contributed by atoms with Crippen LogP contribution in [0.3, 0.4) is 0 Å². The van der Waals surface area contributed by atoms with E-state index >= 15 is 0 Å². The maximum absolute atomic E-state index is 13.1. The lowest BCUT2D eigenvalue weighted by atomic mass is 9.91. The van der Waals surface area contributed by atoms with Gasteiger partial charge in [0, 0.05) is 32.3 Å². The zero-order valence-corrected chi connectivity index (χ0v) is 18.1. The first-order valence-electron chi connectivity index (χ1n) is 10.6. The van der Waals surface area contributed by atoms with Gasteiger partial charge in [-0.1, -0.05) is 30.3 Å². The molecule has 8 nitrogen and oxygen atoms in total. The minimum absolute atomic E-state index is 0.133. The standard InChI is InChI=1S/C22H28N4O4S/c23-22(28)20-13-18(27)15-26(20)21-7-6-19(14-24-21)31(29,30)25-10-8-17(9-11-25)12-16-4-2-1-3-5-16/h1-7,14,17-18,20,27H,8-13,15H2,(H2,23,28)/t18-,20-/m0/s1. The number of sulfonamides is 1. The van der Waals surface area contributed by atoms with Crippen LogP contribution < -0.4 is 10.6 Å². The summed E-state index contributed by atoms with van der Waals surface area (Å²) in [7, 11) is -3.63. The van der Waals surface area contributed by atoms with Crippen LogP contribution in [0.1, 0.15) is 24.8 Å². The van der Waals surface area contributed by atoms with Gasteiger partial charge in [0.2, 0.25) is 15.9 Å². The van der Waals surface area contributed by atoms with E-state index in [-0.39, 0.29) is 17.9 Å². The predicted molar refractivity (Wildman–Crippen MR) is 117 cm³/mol. The molecule has 2 fully saturated rings. The number of aromatic nitrogens is 1. The van der Waals surface area contributed by atoms with E-state index in [1.54, 1.807) is 11.0 Å². The molecule has 0 saturated carbocycles. The third-order valence-corrected chi connectivity index (χ3v) is 8.08. The minimum atomic E-state index is -3.63. The molecule has 9 heteroatoms. The van der Waals surface area contributed by atoms with E-state index in [2.05, 4.69) is 17.1 Å². The van der Waals surface area contributed by atoms with Crippen LogP contribution in [-0.4, -0.2) is 60.5 Å². The number of β-amino-alcohol motifs (C(OH)–C–C–N with tert-alkyl or cyclic N) is 1. The fourth-order valence-electron chi connectivity index (χ4n) is 4.48. The van der Waals surface area contributed by atoms with Crippen LogP contribution in [0.2, 0.25) is 0 Å². The molecule has 3 heterocycles. The Labute approximate surface area is 182 Å². The molecule has 2 saturated heterocycles. The molecule has 2 aliphatic heterocycles. The fourth-order valence-corrected chi connectivity index (χ4v) is 5.90. The van der Waals surface area contributed by atoms with Crippen molar-refractivity contribution >= 4 is 21.7 Å². The summed E-state index contributed by atoms with van der Waals surface area (Å²) in [6, 6.07) is 12.7. The molecule has 2 aliphatic rings. The Kier molecular flexibility index (Phi) is 6.27. The highest BCUT2D eigenvalue weighted by atomic mass is 32.2. The summed E-state index contributed by atoms with van der Waals surface area (Å²) < 4.78 is 27.7. The Morgan fingerprint density at radius 3 is 2.45 bits per heavy atom. The van der Waals surface area contributed by atoms with Crippen LogP contribution in [0.25, 0.3) is 0 Å². The second-order valence-electron chi connectivity index (χ2n) is 8.35. The smallest absolute Gasteiger partial charge is 0.244 e. The lowest BCUT2D eigenvalue weighted by Gasteiger charge is -2.31. The summed E-state index contributed by atoms with van der Waals surface area (Å²) in [6.07, 6.45) is 3.52. The van der Waals surface area contributed by atoms with Crippen molar-refractivity contribution in [3.8, 4) is 0 Å². The van der Waals surface area contributed by atoms with Crippen molar-refractivity contribution in [2.24, 2.45) is 11.7 Å². The molecule has 4 rings (SSSR count). The van der Waals surface area contributed by atoms with Gasteiger partial charge in [-0.15, -0.1) is 0 Å². The monoisotopic (exact) mass is 444 g/mol. The second-order valence-corrected chi connectivity index (χ2v) is 10.3. The Balaban J connectivity index is 1.41. The molecular weight excluding hydrogens is 416 g/mol. The van der Waals surface area contributed by atoms with E-state index in [1.165, 1.54) is 22.1 Å². The van der Waals surface area contributed by atoms with E-state index in [0.717, 1.165) is 19.3 Å². The number of benzene rings is 1. The summed E-state index contributed by atoms with van der Waals surface area (Å²) in [5.41, 5.74) is 6.70. The van der Waals surface area contributed by atoms with Gasteiger partial charge in [-0.2, -0.15) is 4.31 Å². The number of piperidine rings is 1. The van der Waals surface area contributed by atoms with Gasteiger partial charge in [-0.05, 0) is 42.9 Å². The summed E-state index contributed by atoms with van der Waals surface area (Å²) in [6.45, 7) is 1.22. The number of carbonyl (C=O) groups is 1. The Morgan fingerprint density at radius 2 is 1.84 bits per heavy atom. The van der Waals surface area contributed by atoms with Crippen molar-refractivity contribution in [2.45, 2.75) is 42.7 Å². The van der Waals surface area contributed by atoms with Crippen LogP contribution in [0.4, 0.5) is 5.82 Å². The van der Waals surface area contributed by atoms with Gasteiger partial charge in [0.25, 0.3) is 0 Å². The first kappa shape index (κ1) is 21.7. The van der Waals surface area contributed by atoms with Crippen LogP contribution >= 0.6 is 0 Å². The highest BCUT2D eigenvalue weighted by Gasteiger charge is 2.36. The summed E-state index contributed by atoms with van der Waals surface area (Å²) >= 11 is 0. The number of nitrogens with two attached hydrogens (primary N) is 1. The van der Waals surface area contributed by atoms with Crippen molar-refractivity contribution < 1.29 is 18.3 Å². The van der Waals surface area contributed by atoms with Crippen molar-refractivity contribution in [3.63, 3.8) is 0 Å². The molecule has 0 unspecified atom stereocenters. The van der Waals surface area contributed by atoms with E-state index < -0.39 is 28.1 Å². The number of aliphatic hydroxyl groups excluding tert-OH is 1. The molecule has 31 heavy (non-hydrogen) atoms. The van der Waals surface area contributed by atoms with Gasteiger partial charge in [0.05, 0.1) is 6.10 Å². The van der Waals surface area contributed by atoms with Gasteiger partial charge in [-0.3, -0.25) is 4.79 Å². The number of carbonyl (C=O) groups excluding carboxylic acids is 1. The topological polar surface area (TPSA) is 117 Å². The van der Waals surface area contributed by atoms with Gasteiger partial charge in [0.15, 0.2) is 0 Å². The SMILES string of the molecule is NC(=O)[C@@H]1C[C@H](O)CN1c1ccc(S(=O)(=O)N2CCC(Cc3ccccc3)CC2)cn1. The first-order chi connectivity index (χ1) is 14.8. The minimum Gasteiger partial charge on any atom is -0.391 e. The number of nitrogens with zero attached hydrogens (tertiary/aromatic N) is 3. The molecule has 0 radical (unpaired) electrons. The van der Waals surface area contributed by atoms with Gasteiger partial charge < -0.3 is 15.7 Å². The maximum atomic E-state index is 13.1. The van der Waals surface area contributed by atoms with Crippen molar-refractivity contribution in [2.75, 3.05) is 24.5 Å². The molecular formula is C22H28N4O4S. The molecule has 166 valence electrons.